The lowest BCUT2D eigenvalue weighted by molar-refractivity contribution is -0.141. The summed E-state index contributed by atoms with van der Waals surface area (Å²) in [5, 5.41) is 5.49. The molecule has 1 heterocycles. The zero-order valence-electron chi connectivity index (χ0n) is 22.4. The Morgan fingerprint density at radius 3 is 2.48 bits per heavy atom. The molecule has 10 heteroatoms. The van der Waals surface area contributed by atoms with E-state index < -0.39 is 16.1 Å². The standard InChI is InChI=1S/C30H33Cl2N3O4S/c1-20(30(37)33-23-10-3-2-4-11-23)34(19-21-15-16-24(31)25(32)18-21)28(36)14-7-17-35-26-12-5-8-22-9-6-13-27(29(22)26)40(35,38)39/h5-6,8-9,12-13,15-16,18,20,23H,2-4,7,10-11,14,17,19H2,1H3,(H,33,37)/t20-/m0/s1. The molecule has 0 spiro atoms. The van der Waals surface area contributed by atoms with Gasteiger partial charge in [-0.25, -0.2) is 8.42 Å². The number of rotatable bonds is 9. The van der Waals surface area contributed by atoms with E-state index in [1.54, 1.807) is 48.2 Å². The maximum Gasteiger partial charge on any atom is 0.265 e. The number of sulfonamides is 1. The van der Waals surface area contributed by atoms with Crippen LogP contribution in [0.3, 0.4) is 0 Å². The van der Waals surface area contributed by atoms with Crippen LogP contribution in [0.5, 0.6) is 0 Å². The van der Waals surface area contributed by atoms with Crippen molar-refractivity contribution in [1.29, 1.82) is 0 Å². The van der Waals surface area contributed by atoms with Crippen LogP contribution in [0.2, 0.25) is 10.0 Å². The molecule has 1 saturated carbocycles. The molecular weight excluding hydrogens is 569 g/mol. The van der Waals surface area contributed by atoms with E-state index in [4.69, 9.17) is 23.2 Å². The minimum Gasteiger partial charge on any atom is -0.352 e. The van der Waals surface area contributed by atoms with E-state index in [1.807, 2.05) is 18.2 Å². The van der Waals surface area contributed by atoms with Crippen molar-refractivity contribution in [3.05, 3.63) is 70.2 Å². The van der Waals surface area contributed by atoms with Crippen LogP contribution < -0.4 is 9.62 Å². The van der Waals surface area contributed by atoms with Crippen molar-refractivity contribution >= 4 is 61.5 Å². The van der Waals surface area contributed by atoms with E-state index in [0.29, 0.717) is 32.4 Å². The number of carbonyl (C=O) groups excluding carboxylic acids is 2. The van der Waals surface area contributed by atoms with Crippen molar-refractivity contribution in [2.45, 2.75) is 75.4 Å². The Morgan fingerprint density at radius 1 is 1.02 bits per heavy atom. The summed E-state index contributed by atoms with van der Waals surface area (Å²) < 4.78 is 28.0. The second-order valence-electron chi connectivity index (χ2n) is 10.6. The number of nitrogens with one attached hydrogen (secondary N) is 1. The van der Waals surface area contributed by atoms with Crippen molar-refractivity contribution in [1.82, 2.24) is 10.2 Å². The van der Waals surface area contributed by atoms with Gasteiger partial charge >= 0.3 is 0 Å². The largest absolute Gasteiger partial charge is 0.352 e. The highest BCUT2D eigenvalue weighted by Crippen LogP contribution is 2.42. The predicted octanol–water partition coefficient (Wildman–Crippen LogP) is 6.30. The summed E-state index contributed by atoms with van der Waals surface area (Å²) >= 11 is 12.3. The molecule has 0 saturated heterocycles. The molecule has 5 rings (SSSR count). The summed E-state index contributed by atoms with van der Waals surface area (Å²) in [7, 11) is -3.70. The van der Waals surface area contributed by atoms with E-state index in [0.717, 1.165) is 36.6 Å². The smallest absolute Gasteiger partial charge is 0.265 e. The lowest BCUT2D eigenvalue weighted by Crippen LogP contribution is -2.50. The Labute approximate surface area is 245 Å². The number of hydrogen-bond acceptors (Lipinski definition) is 4. The molecule has 0 radical (unpaired) electrons. The lowest BCUT2D eigenvalue weighted by atomic mass is 9.95. The van der Waals surface area contributed by atoms with E-state index in [-0.39, 0.29) is 37.4 Å². The van der Waals surface area contributed by atoms with Crippen LogP contribution in [0.25, 0.3) is 10.8 Å². The van der Waals surface area contributed by atoms with E-state index in [9.17, 15) is 18.0 Å². The highest BCUT2D eigenvalue weighted by atomic mass is 35.5. The number of carbonyl (C=O) groups is 2. The van der Waals surface area contributed by atoms with Gasteiger partial charge in [-0.2, -0.15) is 0 Å². The van der Waals surface area contributed by atoms with Crippen LogP contribution in [-0.4, -0.2) is 43.8 Å². The van der Waals surface area contributed by atoms with Gasteiger partial charge in [0, 0.05) is 30.9 Å². The summed E-state index contributed by atoms with van der Waals surface area (Å²) in [6.45, 7) is 2.07. The van der Waals surface area contributed by atoms with Gasteiger partial charge in [0.2, 0.25) is 11.8 Å². The molecule has 1 aliphatic carbocycles. The molecule has 0 aromatic heterocycles. The first-order valence-corrected chi connectivity index (χ1v) is 15.9. The van der Waals surface area contributed by atoms with Gasteiger partial charge in [0.1, 0.15) is 6.04 Å². The van der Waals surface area contributed by atoms with E-state index in [2.05, 4.69) is 5.32 Å². The van der Waals surface area contributed by atoms with Crippen LogP contribution in [0.15, 0.2) is 59.5 Å². The van der Waals surface area contributed by atoms with Gasteiger partial charge in [0.05, 0.1) is 20.6 Å². The molecule has 212 valence electrons. The normalized spacial score (nSPS) is 17.1. The molecule has 0 unspecified atom stereocenters. The average Bonchev–Trinajstić information content (AvgIpc) is 3.16. The van der Waals surface area contributed by atoms with Gasteiger partial charge in [-0.05, 0) is 61.4 Å². The monoisotopic (exact) mass is 601 g/mol. The van der Waals surface area contributed by atoms with Crippen LogP contribution in [0.4, 0.5) is 5.69 Å². The molecule has 1 atom stereocenters. The quantitative estimate of drug-likeness (QED) is 0.312. The Bertz CT molecular complexity index is 1530. The topological polar surface area (TPSA) is 86.8 Å². The molecule has 2 amide bonds. The van der Waals surface area contributed by atoms with Gasteiger partial charge < -0.3 is 10.2 Å². The molecular formula is C30H33Cl2N3O4S. The Balaban J connectivity index is 1.30. The van der Waals surface area contributed by atoms with Crippen LogP contribution >= 0.6 is 23.2 Å². The molecule has 1 fully saturated rings. The van der Waals surface area contributed by atoms with Crippen LogP contribution in [0, 0.1) is 0 Å². The third-order valence-electron chi connectivity index (χ3n) is 7.89. The number of benzene rings is 3. The fourth-order valence-electron chi connectivity index (χ4n) is 5.70. The molecule has 7 nitrogen and oxygen atoms in total. The Morgan fingerprint density at radius 2 is 1.75 bits per heavy atom. The van der Waals surface area contributed by atoms with E-state index >= 15 is 0 Å². The predicted molar refractivity (Wildman–Crippen MR) is 159 cm³/mol. The highest BCUT2D eigenvalue weighted by Gasteiger charge is 2.35. The van der Waals surface area contributed by atoms with Crippen LogP contribution in [-0.2, 0) is 26.2 Å². The first kappa shape index (κ1) is 28.7. The Hall–Kier alpha value is -2.81. The van der Waals surface area contributed by atoms with Crippen molar-refractivity contribution in [3.8, 4) is 0 Å². The molecule has 3 aromatic carbocycles. The van der Waals surface area contributed by atoms with Gasteiger partial charge in [0.25, 0.3) is 10.0 Å². The molecule has 0 bridgehead atoms. The number of hydrogen-bond donors (Lipinski definition) is 1. The van der Waals surface area contributed by atoms with Crippen molar-refractivity contribution in [3.63, 3.8) is 0 Å². The zero-order chi connectivity index (χ0) is 28.4. The van der Waals surface area contributed by atoms with E-state index in [1.165, 1.54) is 10.7 Å². The lowest BCUT2D eigenvalue weighted by Gasteiger charge is -2.31. The summed E-state index contributed by atoms with van der Waals surface area (Å²) in [6, 6.07) is 15.4. The average molecular weight is 603 g/mol. The van der Waals surface area contributed by atoms with Gasteiger partial charge in [-0.3, -0.25) is 13.9 Å². The van der Waals surface area contributed by atoms with Crippen molar-refractivity contribution in [2.75, 3.05) is 10.8 Å². The van der Waals surface area contributed by atoms with Gasteiger partial charge in [0.15, 0.2) is 0 Å². The zero-order valence-corrected chi connectivity index (χ0v) is 24.7. The summed E-state index contributed by atoms with van der Waals surface area (Å²) in [5.74, 6) is -0.422. The number of anilines is 1. The van der Waals surface area contributed by atoms with Gasteiger partial charge in [-0.1, -0.05) is 72.8 Å². The summed E-state index contributed by atoms with van der Waals surface area (Å²) in [4.78, 5) is 28.7. The molecule has 2 aliphatic rings. The molecule has 1 aliphatic heterocycles. The second-order valence-corrected chi connectivity index (χ2v) is 13.2. The number of nitrogens with zero attached hydrogens (tertiary/aromatic N) is 2. The molecule has 40 heavy (non-hydrogen) atoms. The highest BCUT2D eigenvalue weighted by molar-refractivity contribution is 7.93. The molecule has 1 N–H and O–H groups in total. The third-order valence-corrected chi connectivity index (χ3v) is 10.5. The maximum absolute atomic E-state index is 13.6. The summed E-state index contributed by atoms with van der Waals surface area (Å²) in [6.07, 6.45) is 5.62. The third kappa shape index (κ3) is 5.80. The first-order valence-electron chi connectivity index (χ1n) is 13.7. The fourth-order valence-corrected chi connectivity index (χ4v) is 7.77. The van der Waals surface area contributed by atoms with Crippen molar-refractivity contribution in [2.24, 2.45) is 0 Å². The fraction of sp³-hybridized carbons (Fsp3) is 0.400. The minimum absolute atomic E-state index is 0.0840. The number of halogens is 2. The van der Waals surface area contributed by atoms with Gasteiger partial charge in [-0.15, -0.1) is 0 Å². The first-order chi connectivity index (χ1) is 19.2. The summed E-state index contributed by atoms with van der Waals surface area (Å²) in [5.41, 5.74) is 1.39. The molecule has 3 aromatic rings. The second kappa shape index (κ2) is 12.0. The van der Waals surface area contributed by atoms with Crippen LogP contribution in [0.1, 0.15) is 57.4 Å². The maximum atomic E-state index is 13.6. The number of amides is 2. The SMILES string of the molecule is C[C@@H](C(=O)NC1CCCCC1)N(Cc1ccc(Cl)c(Cl)c1)C(=O)CCCN1c2cccc3cccc(c23)S1(=O)=O. The minimum atomic E-state index is -3.70. The Kier molecular flexibility index (Phi) is 8.59. The van der Waals surface area contributed by atoms with Crippen molar-refractivity contribution < 1.29 is 18.0 Å².